The largest absolute Gasteiger partial charge is 0.359 e. The van der Waals surface area contributed by atoms with E-state index >= 15 is 0 Å². The second-order valence-corrected chi connectivity index (χ2v) is 11.3. The van der Waals surface area contributed by atoms with E-state index < -0.39 is 6.17 Å². The maximum absolute atomic E-state index is 14.0. The molecule has 2 aliphatic heterocycles. The van der Waals surface area contributed by atoms with Gasteiger partial charge in [-0.1, -0.05) is 108 Å². The van der Waals surface area contributed by atoms with Crippen LogP contribution in [-0.2, 0) is 29.2 Å². The standard InChI is InChI=1S/C35H32N6O4/c42-33-24-40-32(22-38(33)20-28-16-9-15-26-12-7-8-17-30(26)28)41(35(44)36-19-25-10-3-1-4-11-25)39(23-34(40)43)21-29-18-31(37-45-29)27-13-5-2-6-14-27/h1-18,32H,19-24H2,(H,36,44). The minimum atomic E-state index is -0.703. The number of carbonyl (C=O) groups excluding carboxylic acids is 3. The van der Waals surface area contributed by atoms with Crippen molar-refractivity contribution >= 4 is 28.6 Å². The molecule has 0 aliphatic carbocycles. The molecule has 3 heterocycles. The van der Waals surface area contributed by atoms with Crippen LogP contribution in [0.25, 0.3) is 22.0 Å². The van der Waals surface area contributed by atoms with Gasteiger partial charge >= 0.3 is 6.03 Å². The molecular formula is C35H32N6O4. The number of urea groups is 1. The van der Waals surface area contributed by atoms with Gasteiger partial charge in [-0.25, -0.2) is 9.80 Å². The zero-order valence-electron chi connectivity index (χ0n) is 24.6. The Bertz CT molecular complexity index is 1840. The Morgan fingerprint density at radius 2 is 1.56 bits per heavy atom. The molecule has 1 N–H and O–H groups in total. The van der Waals surface area contributed by atoms with E-state index in [1.807, 2.05) is 109 Å². The maximum Gasteiger partial charge on any atom is 0.334 e. The van der Waals surface area contributed by atoms with Crippen LogP contribution in [0.15, 0.2) is 114 Å². The fraction of sp³-hybridized carbons (Fsp3) is 0.200. The Labute approximate surface area is 260 Å². The van der Waals surface area contributed by atoms with Crippen molar-refractivity contribution in [3.8, 4) is 11.3 Å². The van der Waals surface area contributed by atoms with Crippen molar-refractivity contribution < 1.29 is 18.9 Å². The smallest absolute Gasteiger partial charge is 0.334 e. The molecule has 0 bridgehead atoms. The van der Waals surface area contributed by atoms with E-state index in [9.17, 15) is 14.4 Å². The molecule has 2 aliphatic rings. The Morgan fingerprint density at radius 1 is 0.822 bits per heavy atom. The second kappa shape index (κ2) is 12.3. The van der Waals surface area contributed by atoms with Crippen LogP contribution in [0.4, 0.5) is 4.79 Å². The topological polar surface area (TPSA) is 102 Å². The zero-order valence-corrected chi connectivity index (χ0v) is 24.6. The monoisotopic (exact) mass is 600 g/mol. The van der Waals surface area contributed by atoms with Crippen LogP contribution >= 0.6 is 0 Å². The number of hydrogen-bond donors (Lipinski definition) is 1. The molecule has 226 valence electrons. The van der Waals surface area contributed by atoms with Gasteiger partial charge in [-0.3, -0.25) is 9.59 Å². The van der Waals surface area contributed by atoms with Gasteiger partial charge in [0.25, 0.3) is 0 Å². The number of aromatic nitrogens is 1. The molecule has 5 aromatic rings. The highest BCUT2D eigenvalue weighted by molar-refractivity contribution is 5.90. The third-order valence-electron chi connectivity index (χ3n) is 8.33. The van der Waals surface area contributed by atoms with Gasteiger partial charge in [0.15, 0.2) is 5.76 Å². The van der Waals surface area contributed by atoms with E-state index in [1.54, 1.807) is 14.9 Å². The summed E-state index contributed by atoms with van der Waals surface area (Å²) in [5.74, 6) is 0.122. The summed E-state index contributed by atoms with van der Waals surface area (Å²) in [4.78, 5) is 44.1. The first kappa shape index (κ1) is 28.3. The van der Waals surface area contributed by atoms with Gasteiger partial charge in [-0.15, -0.1) is 0 Å². The summed E-state index contributed by atoms with van der Waals surface area (Å²) in [6.07, 6.45) is -0.703. The van der Waals surface area contributed by atoms with E-state index in [0.29, 0.717) is 24.5 Å². The van der Waals surface area contributed by atoms with Crippen LogP contribution in [0.5, 0.6) is 0 Å². The van der Waals surface area contributed by atoms with Gasteiger partial charge in [0.2, 0.25) is 11.8 Å². The lowest BCUT2D eigenvalue weighted by molar-refractivity contribution is -0.184. The van der Waals surface area contributed by atoms with Crippen LogP contribution in [0.1, 0.15) is 16.9 Å². The molecule has 0 saturated carbocycles. The number of rotatable bonds is 7. The number of hydrazine groups is 1. The van der Waals surface area contributed by atoms with Crippen molar-refractivity contribution in [2.45, 2.75) is 25.8 Å². The lowest BCUT2D eigenvalue weighted by atomic mass is 10.0. The predicted molar refractivity (Wildman–Crippen MR) is 168 cm³/mol. The number of piperazine rings is 1. The van der Waals surface area contributed by atoms with E-state index in [2.05, 4.69) is 10.5 Å². The van der Waals surface area contributed by atoms with Gasteiger partial charge in [-0.2, -0.15) is 5.01 Å². The minimum Gasteiger partial charge on any atom is -0.359 e. The quantitative estimate of drug-likeness (QED) is 0.292. The highest BCUT2D eigenvalue weighted by atomic mass is 16.5. The molecular weight excluding hydrogens is 568 g/mol. The first-order chi connectivity index (χ1) is 22.0. The Hall–Kier alpha value is -5.48. The SMILES string of the molecule is O=C1CN2C(=O)CN(Cc3cc(-c4ccccc4)no3)N(C(=O)NCc3ccccc3)C2CN1Cc1cccc2ccccc12. The molecule has 1 unspecified atom stereocenters. The number of hydrogen-bond acceptors (Lipinski definition) is 6. The normalized spacial score (nSPS) is 17.1. The third kappa shape index (κ3) is 5.87. The van der Waals surface area contributed by atoms with Gasteiger partial charge < -0.3 is 19.6 Å². The Morgan fingerprint density at radius 3 is 2.38 bits per heavy atom. The van der Waals surface area contributed by atoms with Gasteiger partial charge in [0, 0.05) is 24.7 Å². The molecule has 1 atom stereocenters. The fourth-order valence-corrected chi connectivity index (χ4v) is 6.08. The zero-order chi connectivity index (χ0) is 30.8. The van der Waals surface area contributed by atoms with Gasteiger partial charge in [0.1, 0.15) is 18.4 Å². The number of fused-ring (bicyclic) bond motifs is 2. The average Bonchev–Trinajstić information content (AvgIpc) is 3.54. The van der Waals surface area contributed by atoms with E-state index in [-0.39, 0.29) is 44.0 Å². The molecule has 4 amide bonds. The number of nitrogens with one attached hydrogen (secondary N) is 1. The van der Waals surface area contributed by atoms with Crippen LogP contribution in [0.2, 0.25) is 0 Å². The highest BCUT2D eigenvalue weighted by Gasteiger charge is 2.47. The first-order valence-electron chi connectivity index (χ1n) is 14.9. The van der Waals surface area contributed by atoms with Gasteiger partial charge in [0.05, 0.1) is 19.6 Å². The van der Waals surface area contributed by atoms with Crippen molar-refractivity contribution in [1.82, 2.24) is 30.3 Å². The minimum absolute atomic E-state index is 0.0900. The molecule has 10 heteroatoms. The highest BCUT2D eigenvalue weighted by Crippen LogP contribution is 2.28. The van der Waals surface area contributed by atoms with E-state index in [0.717, 1.165) is 27.5 Å². The average molecular weight is 601 g/mol. The fourth-order valence-electron chi connectivity index (χ4n) is 6.08. The number of nitrogens with zero attached hydrogens (tertiary/aromatic N) is 5. The van der Waals surface area contributed by atoms with E-state index in [4.69, 9.17) is 4.52 Å². The summed E-state index contributed by atoms with van der Waals surface area (Å²) in [7, 11) is 0. The molecule has 1 aromatic heterocycles. The molecule has 0 radical (unpaired) electrons. The summed E-state index contributed by atoms with van der Waals surface area (Å²) in [6, 6.07) is 34.8. The summed E-state index contributed by atoms with van der Waals surface area (Å²) < 4.78 is 5.67. The molecule has 2 saturated heterocycles. The van der Waals surface area contributed by atoms with Crippen molar-refractivity contribution in [3.05, 3.63) is 126 Å². The summed E-state index contributed by atoms with van der Waals surface area (Å²) in [5, 5.41) is 12.6. The van der Waals surface area contributed by atoms with Gasteiger partial charge in [-0.05, 0) is 21.9 Å². The van der Waals surface area contributed by atoms with Crippen molar-refractivity contribution in [3.63, 3.8) is 0 Å². The summed E-state index contributed by atoms with van der Waals surface area (Å²) in [5.41, 5.74) is 3.52. The predicted octanol–water partition coefficient (Wildman–Crippen LogP) is 4.63. The second-order valence-electron chi connectivity index (χ2n) is 11.3. The molecule has 45 heavy (non-hydrogen) atoms. The molecule has 10 nitrogen and oxygen atoms in total. The third-order valence-corrected chi connectivity index (χ3v) is 8.33. The number of amides is 4. The summed E-state index contributed by atoms with van der Waals surface area (Å²) >= 11 is 0. The number of carbonyl (C=O) groups is 3. The lowest BCUT2D eigenvalue weighted by Gasteiger charge is -2.52. The van der Waals surface area contributed by atoms with Crippen molar-refractivity contribution in [1.29, 1.82) is 0 Å². The van der Waals surface area contributed by atoms with Crippen LogP contribution < -0.4 is 5.32 Å². The molecule has 2 fully saturated rings. The maximum atomic E-state index is 14.0. The van der Waals surface area contributed by atoms with E-state index in [1.165, 1.54) is 4.90 Å². The Kier molecular flexibility index (Phi) is 7.71. The lowest BCUT2D eigenvalue weighted by Crippen LogP contribution is -2.73. The van der Waals surface area contributed by atoms with Crippen LogP contribution in [0.3, 0.4) is 0 Å². The van der Waals surface area contributed by atoms with Crippen molar-refractivity contribution in [2.24, 2.45) is 0 Å². The van der Waals surface area contributed by atoms with Crippen molar-refractivity contribution in [2.75, 3.05) is 19.6 Å². The van der Waals surface area contributed by atoms with Crippen LogP contribution in [0, 0.1) is 0 Å². The molecule has 7 rings (SSSR count). The molecule has 0 spiro atoms. The number of benzene rings is 4. The Balaban J connectivity index is 1.17. The van der Waals surface area contributed by atoms with Crippen LogP contribution in [-0.4, -0.2) is 68.6 Å². The summed E-state index contributed by atoms with van der Waals surface area (Å²) in [6.45, 7) is 0.781. The first-order valence-corrected chi connectivity index (χ1v) is 14.9. The molecule has 4 aromatic carbocycles.